The maximum atomic E-state index is 5.86. The highest BCUT2D eigenvalue weighted by Gasteiger charge is 2.12. The molecule has 0 unspecified atom stereocenters. The van der Waals surface area contributed by atoms with Gasteiger partial charge in [-0.25, -0.2) is 0 Å². The minimum absolute atomic E-state index is 0.109. The number of hydrogen-bond donors (Lipinski definition) is 1. The van der Waals surface area contributed by atoms with Crippen LogP contribution in [0.4, 0.5) is 0 Å². The van der Waals surface area contributed by atoms with Crippen molar-refractivity contribution in [2.45, 2.75) is 37.6 Å². The molecule has 0 saturated carbocycles. The highest BCUT2D eigenvalue weighted by molar-refractivity contribution is 7.99. The monoisotopic (exact) mass is 269 g/mol. The largest absolute Gasteiger partial charge is 0.496 e. The van der Waals surface area contributed by atoms with Crippen molar-refractivity contribution in [3.05, 3.63) is 17.7 Å². The molecule has 0 aliphatic rings. The summed E-state index contributed by atoms with van der Waals surface area (Å²) < 4.78 is 10.9. The molecule has 1 atom stereocenters. The third kappa shape index (κ3) is 4.10. The second-order valence-electron chi connectivity index (χ2n) is 4.34. The number of methoxy groups -OCH3 is 2. The van der Waals surface area contributed by atoms with Gasteiger partial charge in [-0.3, -0.25) is 0 Å². The summed E-state index contributed by atoms with van der Waals surface area (Å²) in [5.74, 6) is 2.88. The molecule has 0 aromatic heterocycles. The Morgan fingerprint density at radius 3 is 2.39 bits per heavy atom. The highest BCUT2D eigenvalue weighted by atomic mass is 32.2. The van der Waals surface area contributed by atoms with E-state index in [0.29, 0.717) is 0 Å². The number of rotatable bonds is 7. The Hall–Kier alpha value is -0.870. The Morgan fingerprint density at radius 2 is 1.89 bits per heavy atom. The summed E-state index contributed by atoms with van der Waals surface area (Å²) in [6.07, 6.45) is 1.93. The Bertz CT molecular complexity index is 380. The van der Waals surface area contributed by atoms with Crippen LogP contribution in [0, 0.1) is 0 Å². The summed E-state index contributed by atoms with van der Waals surface area (Å²) in [4.78, 5) is 1.13. The molecule has 0 radical (unpaired) electrons. The summed E-state index contributed by atoms with van der Waals surface area (Å²) in [5.41, 5.74) is 6.96. The molecule has 0 bridgehead atoms. The average Bonchev–Trinajstić information content (AvgIpc) is 2.35. The van der Waals surface area contributed by atoms with E-state index < -0.39 is 0 Å². The molecule has 0 aliphatic heterocycles. The van der Waals surface area contributed by atoms with Crippen molar-refractivity contribution in [2.75, 3.05) is 20.0 Å². The van der Waals surface area contributed by atoms with E-state index in [2.05, 4.69) is 13.0 Å². The predicted molar refractivity (Wildman–Crippen MR) is 77.9 cm³/mol. The highest BCUT2D eigenvalue weighted by Crippen LogP contribution is 2.36. The summed E-state index contributed by atoms with van der Waals surface area (Å²) in [6, 6.07) is 4.20. The van der Waals surface area contributed by atoms with Crippen LogP contribution in [0.15, 0.2) is 17.0 Å². The smallest absolute Gasteiger partial charge is 0.132 e. The lowest BCUT2D eigenvalue weighted by molar-refractivity contribution is 0.389. The number of nitrogens with two attached hydrogens (primary N) is 1. The van der Waals surface area contributed by atoms with Crippen molar-refractivity contribution in [3.8, 4) is 11.5 Å². The van der Waals surface area contributed by atoms with Crippen molar-refractivity contribution < 1.29 is 9.47 Å². The van der Waals surface area contributed by atoms with E-state index in [1.165, 1.54) is 0 Å². The van der Waals surface area contributed by atoms with Crippen LogP contribution < -0.4 is 15.2 Å². The maximum Gasteiger partial charge on any atom is 0.132 e. The zero-order valence-electron chi connectivity index (χ0n) is 11.7. The van der Waals surface area contributed by atoms with Gasteiger partial charge in [0, 0.05) is 6.04 Å². The van der Waals surface area contributed by atoms with Crippen LogP contribution in [0.3, 0.4) is 0 Å². The second-order valence-corrected chi connectivity index (χ2v) is 5.48. The lowest BCUT2D eigenvalue weighted by atomic mass is 10.1. The third-order valence-electron chi connectivity index (χ3n) is 2.57. The second kappa shape index (κ2) is 7.54. The zero-order chi connectivity index (χ0) is 13.5. The molecule has 3 nitrogen and oxygen atoms in total. The lowest BCUT2D eigenvalue weighted by Gasteiger charge is -2.15. The van der Waals surface area contributed by atoms with Gasteiger partial charge < -0.3 is 15.2 Å². The number of thioether (sulfide) groups is 1. The fourth-order valence-electron chi connectivity index (χ4n) is 1.76. The topological polar surface area (TPSA) is 44.5 Å². The molecule has 0 spiro atoms. The molecule has 0 amide bonds. The molecule has 0 heterocycles. The first-order valence-corrected chi connectivity index (χ1v) is 7.24. The van der Waals surface area contributed by atoms with Crippen LogP contribution in [0.2, 0.25) is 0 Å². The molecule has 1 aromatic rings. The van der Waals surface area contributed by atoms with Crippen molar-refractivity contribution in [3.63, 3.8) is 0 Å². The van der Waals surface area contributed by atoms with E-state index in [4.69, 9.17) is 15.2 Å². The first-order valence-electron chi connectivity index (χ1n) is 6.25. The van der Waals surface area contributed by atoms with Gasteiger partial charge in [0.15, 0.2) is 0 Å². The molecule has 4 heteroatoms. The van der Waals surface area contributed by atoms with E-state index in [9.17, 15) is 0 Å². The molecular formula is C14H23NO2S. The van der Waals surface area contributed by atoms with E-state index >= 15 is 0 Å². The van der Waals surface area contributed by atoms with E-state index in [-0.39, 0.29) is 6.04 Å². The predicted octanol–water partition coefficient (Wildman–Crippen LogP) is 3.10. The minimum Gasteiger partial charge on any atom is -0.496 e. The molecule has 0 fully saturated rings. The van der Waals surface area contributed by atoms with Crippen LogP contribution in [-0.4, -0.2) is 26.0 Å². The molecule has 2 N–H and O–H groups in total. The molecule has 0 aliphatic carbocycles. The lowest BCUT2D eigenvalue weighted by Crippen LogP contribution is -2.18. The van der Waals surface area contributed by atoms with Crippen molar-refractivity contribution in [1.29, 1.82) is 0 Å². The van der Waals surface area contributed by atoms with Gasteiger partial charge in [-0.2, -0.15) is 0 Å². The Kier molecular flexibility index (Phi) is 6.36. The van der Waals surface area contributed by atoms with E-state index in [1.54, 1.807) is 26.0 Å². The Balaban J connectivity index is 3.06. The van der Waals surface area contributed by atoms with Crippen molar-refractivity contribution >= 4 is 11.8 Å². The van der Waals surface area contributed by atoms with Crippen LogP contribution in [0.25, 0.3) is 0 Å². The van der Waals surface area contributed by atoms with Crippen molar-refractivity contribution in [2.24, 2.45) is 5.73 Å². The van der Waals surface area contributed by atoms with Crippen LogP contribution >= 0.6 is 11.8 Å². The third-order valence-corrected chi connectivity index (χ3v) is 3.81. The quantitative estimate of drug-likeness (QED) is 0.773. The van der Waals surface area contributed by atoms with Crippen LogP contribution in [-0.2, 0) is 6.42 Å². The molecule has 0 saturated heterocycles. The SMILES string of the molecule is CCCSc1cc(OC)c(C[C@H](C)N)cc1OC. The molecule has 1 rings (SSSR count). The first kappa shape index (κ1) is 15.2. The number of ether oxygens (including phenoxy) is 2. The Morgan fingerprint density at radius 1 is 1.22 bits per heavy atom. The van der Waals surface area contributed by atoms with Gasteiger partial charge >= 0.3 is 0 Å². The molecule has 1 aromatic carbocycles. The minimum atomic E-state index is 0.109. The molecule has 102 valence electrons. The fraction of sp³-hybridized carbons (Fsp3) is 0.571. The van der Waals surface area contributed by atoms with Gasteiger partial charge in [0.05, 0.1) is 19.1 Å². The van der Waals surface area contributed by atoms with Gasteiger partial charge in [0.2, 0.25) is 0 Å². The van der Waals surface area contributed by atoms with Gasteiger partial charge in [-0.15, -0.1) is 11.8 Å². The standard InChI is InChI=1S/C14H23NO2S/c1-5-6-18-14-9-12(16-3)11(7-10(2)15)8-13(14)17-4/h8-10H,5-7,15H2,1-4H3/t10-/m0/s1. The van der Waals surface area contributed by atoms with Gasteiger partial charge in [0.1, 0.15) is 11.5 Å². The summed E-state index contributed by atoms with van der Waals surface area (Å²) in [6.45, 7) is 4.16. The first-order chi connectivity index (χ1) is 8.62. The number of benzene rings is 1. The van der Waals surface area contributed by atoms with Crippen LogP contribution in [0.5, 0.6) is 11.5 Å². The van der Waals surface area contributed by atoms with Crippen molar-refractivity contribution in [1.82, 2.24) is 0 Å². The average molecular weight is 269 g/mol. The summed E-state index contributed by atoms with van der Waals surface area (Å²) in [7, 11) is 3.40. The van der Waals surface area contributed by atoms with E-state index in [1.807, 2.05) is 13.0 Å². The van der Waals surface area contributed by atoms with Gasteiger partial charge in [0.25, 0.3) is 0 Å². The Labute approximate surface area is 114 Å². The van der Waals surface area contributed by atoms with Gasteiger partial charge in [-0.1, -0.05) is 6.92 Å². The maximum absolute atomic E-state index is 5.86. The summed E-state index contributed by atoms with van der Waals surface area (Å²) >= 11 is 1.79. The summed E-state index contributed by atoms with van der Waals surface area (Å²) in [5, 5.41) is 0. The van der Waals surface area contributed by atoms with Gasteiger partial charge in [-0.05, 0) is 43.2 Å². The van der Waals surface area contributed by atoms with E-state index in [0.717, 1.165) is 40.6 Å². The van der Waals surface area contributed by atoms with Crippen LogP contribution in [0.1, 0.15) is 25.8 Å². The zero-order valence-corrected chi connectivity index (χ0v) is 12.5. The normalized spacial score (nSPS) is 12.3. The molecular weight excluding hydrogens is 246 g/mol. The molecule has 18 heavy (non-hydrogen) atoms. The fourth-order valence-corrected chi connectivity index (χ4v) is 2.66. The number of hydrogen-bond acceptors (Lipinski definition) is 4.